The Labute approximate surface area is 294 Å². The molecule has 0 amide bonds. The van der Waals surface area contributed by atoms with E-state index in [1.165, 1.54) is 52.4 Å². The van der Waals surface area contributed by atoms with E-state index in [9.17, 15) is 0 Å². The number of benzene rings is 5. The summed E-state index contributed by atoms with van der Waals surface area (Å²) in [6.45, 7) is 4.70. The maximum absolute atomic E-state index is 3.93. The molecule has 47 heavy (non-hydrogen) atoms. The van der Waals surface area contributed by atoms with Crippen molar-refractivity contribution in [2.24, 2.45) is 0 Å². The molecule has 2 nitrogen and oxygen atoms in total. The minimum atomic E-state index is -0.0774. The molecule has 9 rings (SSSR count). The van der Waals surface area contributed by atoms with Crippen molar-refractivity contribution < 1.29 is 0 Å². The predicted molar refractivity (Wildman–Crippen MR) is 210 cm³/mol. The first-order valence-electron chi connectivity index (χ1n) is 15.6. The zero-order chi connectivity index (χ0) is 31.7. The largest absolute Gasteiger partial charge is 0.302 e. The fourth-order valence-electron chi connectivity index (χ4n) is 7.10. The van der Waals surface area contributed by atoms with Gasteiger partial charge in [0.2, 0.25) is 0 Å². The average Bonchev–Trinajstić information content (AvgIpc) is 3.90. The van der Waals surface area contributed by atoms with Crippen LogP contribution in [-0.2, 0) is 5.41 Å². The third-order valence-corrected chi connectivity index (χ3v) is 12.6. The molecule has 0 N–H and O–H groups in total. The number of halogens is 1. The lowest BCUT2D eigenvalue weighted by atomic mass is 9.82. The van der Waals surface area contributed by atoms with Gasteiger partial charge in [0, 0.05) is 41.4 Å². The monoisotopic (exact) mass is 724 g/mol. The van der Waals surface area contributed by atoms with Crippen LogP contribution in [0.2, 0.25) is 0 Å². The van der Waals surface area contributed by atoms with E-state index in [0.717, 1.165) is 27.2 Å². The molecule has 0 saturated carbocycles. The summed E-state index contributed by atoms with van der Waals surface area (Å²) in [4.78, 5) is 4.79. The Morgan fingerprint density at radius 2 is 1.13 bits per heavy atom. The minimum absolute atomic E-state index is 0.0774. The lowest BCUT2D eigenvalue weighted by molar-refractivity contribution is 0.660. The van der Waals surface area contributed by atoms with Crippen molar-refractivity contribution in [3.8, 4) is 11.1 Å². The summed E-state index contributed by atoms with van der Waals surface area (Å²) in [6, 6.07) is 46.9. The molecule has 5 aromatic carbocycles. The molecule has 0 spiro atoms. The van der Waals surface area contributed by atoms with E-state index in [-0.39, 0.29) is 5.41 Å². The first kappa shape index (κ1) is 29.0. The molecule has 0 fully saturated rings. The molecule has 8 aromatic rings. The Morgan fingerprint density at radius 1 is 0.511 bits per heavy atom. The maximum Gasteiger partial charge on any atom is 0.0999 e. The standard InChI is InChI=1S/C41H29BrN2S3/c1-41(2)35-11-5-3-9-31(35)32-17-15-28(25-36(32)41)44(40-14-8-20-46-40)30-22-26(42)21-29(23-30)43(39-13-7-19-45-39)27-16-18-38-34(24-27)33-10-4-6-12-37(33)47-38/h3-25H,1-2H3. The Morgan fingerprint density at radius 3 is 1.85 bits per heavy atom. The molecule has 1 aliphatic carbocycles. The molecular weight excluding hydrogens is 697 g/mol. The van der Waals surface area contributed by atoms with Gasteiger partial charge in [-0.3, -0.25) is 0 Å². The second kappa shape index (κ2) is 11.2. The highest BCUT2D eigenvalue weighted by Crippen LogP contribution is 2.51. The van der Waals surface area contributed by atoms with Gasteiger partial charge in [-0.05, 0) is 112 Å². The van der Waals surface area contributed by atoms with Crippen LogP contribution < -0.4 is 9.80 Å². The number of anilines is 6. The summed E-state index contributed by atoms with van der Waals surface area (Å²) in [7, 11) is 0. The summed E-state index contributed by atoms with van der Waals surface area (Å²) < 4.78 is 3.66. The quantitative estimate of drug-likeness (QED) is 0.168. The van der Waals surface area contributed by atoms with Gasteiger partial charge in [-0.25, -0.2) is 0 Å². The maximum atomic E-state index is 3.93. The normalized spacial score (nSPS) is 13.2. The highest BCUT2D eigenvalue weighted by atomic mass is 79.9. The van der Waals surface area contributed by atoms with Crippen LogP contribution in [0.4, 0.5) is 32.8 Å². The number of fused-ring (bicyclic) bond motifs is 6. The average molecular weight is 726 g/mol. The van der Waals surface area contributed by atoms with Gasteiger partial charge in [0.15, 0.2) is 0 Å². The van der Waals surface area contributed by atoms with Crippen molar-refractivity contribution >= 4 is 103 Å². The van der Waals surface area contributed by atoms with Crippen LogP contribution in [0.15, 0.2) is 143 Å². The van der Waals surface area contributed by atoms with Crippen molar-refractivity contribution in [3.63, 3.8) is 0 Å². The number of rotatable bonds is 6. The van der Waals surface area contributed by atoms with E-state index in [4.69, 9.17) is 0 Å². The van der Waals surface area contributed by atoms with Crippen LogP contribution in [0, 0.1) is 0 Å². The zero-order valence-corrected chi connectivity index (χ0v) is 29.8. The fourth-order valence-corrected chi connectivity index (χ4v) is 10.2. The zero-order valence-electron chi connectivity index (χ0n) is 25.8. The van der Waals surface area contributed by atoms with E-state index in [1.54, 1.807) is 22.7 Å². The molecule has 0 aliphatic heterocycles. The van der Waals surface area contributed by atoms with Crippen molar-refractivity contribution in [2.75, 3.05) is 9.80 Å². The lowest BCUT2D eigenvalue weighted by Crippen LogP contribution is -2.16. The molecule has 0 atom stereocenters. The first-order valence-corrected chi connectivity index (χ1v) is 19.0. The van der Waals surface area contributed by atoms with Crippen molar-refractivity contribution in [1.82, 2.24) is 0 Å². The highest BCUT2D eigenvalue weighted by Gasteiger charge is 2.35. The second-order valence-electron chi connectivity index (χ2n) is 12.4. The second-order valence-corrected chi connectivity index (χ2v) is 16.3. The van der Waals surface area contributed by atoms with Crippen molar-refractivity contribution in [3.05, 3.63) is 154 Å². The Bertz CT molecular complexity index is 2420. The summed E-state index contributed by atoms with van der Waals surface area (Å²) in [6.07, 6.45) is 0. The van der Waals surface area contributed by atoms with Gasteiger partial charge in [0.05, 0.1) is 21.4 Å². The van der Waals surface area contributed by atoms with Crippen LogP contribution >= 0.6 is 49.9 Å². The Kier molecular flexibility index (Phi) is 6.91. The summed E-state index contributed by atoms with van der Waals surface area (Å²) in [5, 5.41) is 9.26. The Balaban J connectivity index is 1.21. The summed E-state index contributed by atoms with van der Waals surface area (Å²) in [5.41, 5.74) is 9.86. The fraction of sp³-hybridized carbons (Fsp3) is 0.0732. The molecule has 228 valence electrons. The number of thiophene rings is 3. The predicted octanol–water partition coefficient (Wildman–Crippen LogP) is 14.2. The lowest BCUT2D eigenvalue weighted by Gasteiger charge is -2.29. The van der Waals surface area contributed by atoms with E-state index in [2.05, 4.69) is 178 Å². The molecule has 3 aromatic heterocycles. The van der Waals surface area contributed by atoms with Crippen LogP contribution in [0.5, 0.6) is 0 Å². The molecule has 0 saturated heterocycles. The number of hydrogen-bond acceptors (Lipinski definition) is 5. The molecule has 0 bridgehead atoms. The van der Waals surface area contributed by atoms with Gasteiger partial charge >= 0.3 is 0 Å². The van der Waals surface area contributed by atoms with Crippen LogP contribution in [0.3, 0.4) is 0 Å². The van der Waals surface area contributed by atoms with E-state index < -0.39 is 0 Å². The molecule has 6 heteroatoms. The molecule has 0 radical (unpaired) electrons. The van der Waals surface area contributed by atoms with Crippen LogP contribution in [0.1, 0.15) is 25.0 Å². The van der Waals surface area contributed by atoms with Crippen LogP contribution in [0.25, 0.3) is 31.3 Å². The Hall–Kier alpha value is -4.20. The molecule has 3 heterocycles. The van der Waals surface area contributed by atoms with Gasteiger partial charge in [0.25, 0.3) is 0 Å². The summed E-state index contributed by atoms with van der Waals surface area (Å²) in [5.74, 6) is 0. The number of hydrogen-bond donors (Lipinski definition) is 0. The SMILES string of the molecule is CC1(C)c2ccccc2-c2ccc(N(c3cc(Br)cc(N(c4ccc5sc6ccccc6c5c4)c4cccs4)c3)c3cccs3)cc21. The minimum Gasteiger partial charge on any atom is -0.302 e. The van der Waals surface area contributed by atoms with E-state index in [0.29, 0.717) is 0 Å². The first-order chi connectivity index (χ1) is 23.0. The highest BCUT2D eigenvalue weighted by molar-refractivity contribution is 9.10. The third kappa shape index (κ3) is 4.77. The molecule has 0 unspecified atom stereocenters. The van der Waals surface area contributed by atoms with Crippen LogP contribution in [-0.4, -0.2) is 0 Å². The van der Waals surface area contributed by atoms with E-state index >= 15 is 0 Å². The van der Waals surface area contributed by atoms with Gasteiger partial charge in [0.1, 0.15) is 0 Å². The van der Waals surface area contributed by atoms with Gasteiger partial charge in [-0.1, -0.05) is 78.3 Å². The van der Waals surface area contributed by atoms with Crippen molar-refractivity contribution in [1.29, 1.82) is 0 Å². The van der Waals surface area contributed by atoms with E-state index in [1.807, 2.05) is 11.3 Å². The number of nitrogens with zero attached hydrogens (tertiary/aromatic N) is 2. The smallest absolute Gasteiger partial charge is 0.0999 e. The summed E-state index contributed by atoms with van der Waals surface area (Å²) >= 11 is 9.30. The molecular formula is C41H29BrN2S3. The van der Waals surface area contributed by atoms with Gasteiger partial charge in [-0.2, -0.15) is 0 Å². The molecule has 1 aliphatic rings. The van der Waals surface area contributed by atoms with Crippen molar-refractivity contribution in [2.45, 2.75) is 19.3 Å². The topological polar surface area (TPSA) is 6.48 Å². The van der Waals surface area contributed by atoms with Gasteiger partial charge in [-0.15, -0.1) is 34.0 Å². The third-order valence-electron chi connectivity index (χ3n) is 9.28. The van der Waals surface area contributed by atoms with Gasteiger partial charge < -0.3 is 9.80 Å².